The van der Waals surface area contributed by atoms with Crippen LogP contribution in [0.2, 0.25) is 5.02 Å². The second-order valence-corrected chi connectivity index (χ2v) is 8.64. The lowest BCUT2D eigenvalue weighted by Gasteiger charge is -2.23. The lowest BCUT2D eigenvalue weighted by Crippen LogP contribution is -2.19. The Bertz CT molecular complexity index is 1230. The van der Waals surface area contributed by atoms with Gasteiger partial charge in [-0.15, -0.1) is 0 Å². The highest BCUT2D eigenvalue weighted by molar-refractivity contribution is 6.33. The maximum atomic E-state index is 9.73. The van der Waals surface area contributed by atoms with Crippen LogP contribution in [0.15, 0.2) is 30.6 Å². The first kappa shape index (κ1) is 21.0. The molecule has 0 spiro atoms. The minimum atomic E-state index is -0.0484. The van der Waals surface area contributed by atoms with Gasteiger partial charge in [-0.3, -0.25) is 0 Å². The molecule has 0 N–H and O–H groups in total. The van der Waals surface area contributed by atoms with E-state index in [1.165, 1.54) is 0 Å². The average molecular weight is 449 g/mol. The van der Waals surface area contributed by atoms with Crippen LogP contribution in [0.25, 0.3) is 16.6 Å². The summed E-state index contributed by atoms with van der Waals surface area (Å²) in [5, 5.41) is 15.8. The summed E-state index contributed by atoms with van der Waals surface area (Å²) in [6.07, 6.45) is 11.6. The fraction of sp³-hybridized carbons (Fsp3) is 0.400. The van der Waals surface area contributed by atoms with Crippen LogP contribution in [0.4, 0.5) is 0 Å². The molecule has 0 radical (unpaired) electrons. The smallest absolute Gasteiger partial charge is 0.160 e. The monoisotopic (exact) mass is 448 g/mol. The van der Waals surface area contributed by atoms with Crippen molar-refractivity contribution in [3.63, 3.8) is 0 Å². The normalized spacial score (nSPS) is 18.2. The molecule has 1 atom stereocenters. The van der Waals surface area contributed by atoms with Gasteiger partial charge >= 0.3 is 0 Å². The summed E-state index contributed by atoms with van der Waals surface area (Å²) in [4.78, 5) is 4.74. The first-order valence-corrected chi connectivity index (χ1v) is 11.6. The second-order valence-electron chi connectivity index (χ2n) is 8.26. The molecule has 1 saturated heterocycles. The molecule has 1 aliphatic carbocycles. The van der Waals surface area contributed by atoms with Crippen LogP contribution in [-0.2, 0) is 11.2 Å². The molecule has 6 nitrogen and oxygen atoms in total. The van der Waals surface area contributed by atoms with Gasteiger partial charge in [0, 0.05) is 23.8 Å². The Labute approximate surface area is 192 Å². The molecule has 7 heteroatoms. The molecule has 2 aliphatic rings. The lowest BCUT2D eigenvalue weighted by atomic mass is 9.86. The first-order chi connectivity index (χ1) is 15.7. The first-order valence-electron chi connectivity index (χ1n) is 11.2. The van der Waals surface area contributed by atoms with Gasteiger partial charge in [-0.1, -0.05) is 24.6 Å². The fourth-order valence-electron chi connectivity index (χ4n) is 4.54. The van der Waals surface area contributed by atoms with Crippen molar-refractivity contribution < 1.29 is 9.47 Å². The van der Waals surface area contributed by atoms with Crippen molar-refractivity contribution in [2.75, 3.05) is 13.2 Å². The van der Waals surface area contributed by atoms with E-state index in [1.54, 1.807) is 0 Å². The largest absolute Gasteiger partial charge is 0.491 e. The summed E-state index contributed by atoms with van der Waals surface area (Å²) in [7, 11) is 0. The Morgan fingerprint density at radius 2 is 2.22 bits per heavy atom. The van der Waals surface area contributed by atoms with Crippen molar-refractivity contribution in [2.24, 2.45) is 0 Å². The molecule has 0 bridgehead atoms. The van der Waals surface area contributed by atoms with E-state index >= 15 is 0 Å². The van der Waals surface area contributed by atoms with E-state index in [1.807, 2.05) is 30.1 Å². The maximum Gasteiger partial charge on any atom is 0.160 e. The highest BCUT2D eigenvalue weighted by Gasteiger charge is 2.24. The van der Waals surface area contributed by atoms with E-state index in [-0.39, 0.29) is 6.23 Å². The van der Waals surface area contributed by atoms with E-state index in [2.05, 4.69) is 23.3 Å². The number of hydrogen-bond acceptors (Lipinski definition) is 5. The number of halogens is 1. The number of nitriles is 1. The molecule has 1 unspecified atom stereocenters. The van der Waals surface area contributed by atoms with Crippen LogP contribution in [0.5, 0.6) is 5.75 Å². The summed E-state index contributed by atoms with van der Waals surface area (Å²) >= 11 is 6.74. The Hall–Kier alpha value is -2.88. The molecule has 1 fully saturated rings. The van der Waals surface area contributed by atoms with Gasteiger partial charge in [0.05, 0.1) is 23.4 Å². The van der Waals surface area contributed by atoms with Crippen LogP contribution in [-0.4, -0.2) is 28.0 Å². The molecule has 32 heavy (non-hydrogen) atoms. The van der Waals surface area contributed by atoms with Gasteiger partial charge in [-0.2, -0.15) is 10.4 Å². The van der Waals surface area contributed by atoms with E-state index in [4.69, 9.17) is 26.1 Å². The molecule has 1 aliphatic heterocycles. The Kier molecular flexibility index (Phi) is 5.86. The van der Waals surface area contributed by atoms with Crippen LogP contribution >= 0.6 is 11.6 Å². The molecule has 3 heterocycles. The number of hydrogen-bond donors (Lipinski definition) is 0. The third-order valence-electron chi connectivity index (χ3n) is 6.10. The third-order valence-corrected chi connectivity index (χ3v) is 6.50. The van der Waals surface area contributed by atoms with Gasteiger partial charge in [-0.25, -0.2) is 9.67 Å². The molecule has 2 aromatic heterocycles. The summed E-state index contributed by atoms with van der Waals surface area (Å²) in [6, 6.07) is 6.27. The summed E-state index contributed by atoms with van der Waals surface area (Å²) in [5.74, 6) is 0.498. The molecule has 3 aromatic rings. The molecule has 5 rings (SSSR count). The van der Waals surface area contributed by atoms with Gasteiger partial charge < -0.3 is 9.47 Å². The van der Waals surface area contributed by atoms with Crippen molar-refractivity contribution in [3.05, 3.63) is 57.9 Å². The van der Waals surface area contributed by atoms with E-state index < -0.39 is 0 Å². The highest BCUT2D eigenvalue weighted by atomic mass is 35.5. The quantitative estimate of drug-likeness (QED) is 0.491. The number of nitrogens with zero attached hydrogens (tertiary/aromatic N) is 4. The topological polar surface area (TPSA) is 73.0 Å². The number of benzene rings is 1. The van der Waals surface area contributed by atoms with Crippen molar-refractivity contribution in [1.82, 2.24) is 14.8 Å². The Morgan fingerprint density at radius 1 is 1.31 bits per heavy atom. The lowest BCUT2D eigenvalue weighted by molar-refractivity contribution is -0.0370. The van der Waals surface area contributed by atoms with Gasteiger partial charge in [0.15, 0.2) is 17.6 Å². The van der Waals surface area contributed by atoms with E-state index in [0.717, 1.165) is 78.4 Å². The second kappa shape index (κ2) is 8.93. The van der Waals surface area contributed by atoms with Crippen LogP contribution < -0.4 is 4.74 Å². The summed E-state index contributed by atoms with van der Waals surface area (Å²) in [5.41, 5.74) is 5.33. The number of ether oxygens (including phenoxy) is 2. The molecule has 0 saturated carbocycles. The Balaban J connectivity index is 1.54. The Morgan fingerprint density at radius 3 is 3.00 bits per heavy atom. The summed E-state index contributed by atoms with van der Waals surface area (Å²) in [6.45, 7) is 3.33. The van der Waals surface area contributed by atoms with Crippen molar-refractivity contribution >= 4 is 28.2 Å². The molecule has 1 aromatic carbocycles. The van der Waals surface area contributed by atoms with E-state index in [0.29, 0.717) is 22.9 Å². The van der Waals surface area contributed by atoms with Crippen LogP contribution in [0.1, 0.15) is 67.5 Å². The molecular formula is C25H25ClN4O2. The predicted octanol–water partition coefficient (Wildman–Crippen LogP) is 5.82. The zero-order valence-corrected chi connectivity index (χ0v) is 18.9. The summed E-state index contributed by atoms with van der Waals surface area (Å²) < 4.78 is 13.6. The number of pyridine rings is 1. The number of allylic oxidation sites excluding steroid dienone is 1. The SMILES string of the molecule is CCCOc1c(C#N)cc2c(c1Cl)CCC=C2c1cnc2c(cnn2C2CCCCO2)c1. The fourth-order valence-corrected chi connectivity index (χ4v) is 4.90. The molecule has 0 amide bonds. The van der Waals surface area contributed by atoms with Crippen LogP contribution in [0, 0.1) is 11.3 Å². The van der Waals surface area contributed by atoms with Gasteiger partial charge in [0.1, 0.15) is 6.07 Å². The molecular weight excluding hydrogens is 424 g/mol. The predicted molar refractivity (Wildman–Crippen MR) is 124 cm³/mol. The zero-order valence-electron chi connectivity index (χ0n) is 18.1. The minimum Gasteiger partial charge on any atom is -0.491 e. The van der Waals surface area contributed by atoms with Crippen molar-refractivity contribution in [3.8, 4) is 11.8 Å². The van der Waals surface area contributed by atoms with Crippen LogP contribution in [0.3, 0.4) is 0 Å². The average Bonchev–Trinajstić information content (AvgIpc) is 3.27. The number of fused-ring (bicyclic) bond motifs is 2. The highest BCUT2D eigenvalue weighted by Crippen LogP contribution is 2.42. The van der Waals surface area contributed by atoms with Gasteiger partial charge in [0.25, 0.3) is 0 Å². The number of rotatable bonds is 5. The van der Waals surface area contributed by atoms with Gasteiger partial charge in [-0.05, 0) is 67.4 Å². The standard InChI is InChI=1S/C25H25ClN4O2/c1-2-9-32-24-16(13-27)12-21-19(6-5-7-20(21)23(24)26)17-11-18-15-29-30(25(18)28-14-17)22-8-3-4-10-31-22/h6,11-12,14-15,22H,2-5,7-10H2,1H3. The van der Waals surface area contributed by atoms with Gasteiger partial charge in [0.2, 0.25) is 0 Å². The van der Waals surface area contributed by atoms with Crippen molar-refractivity contribution in [2.45, 2.75) is 51.7 Å². The maximum absolute atomic E-state index is 9.73. The molecule has 164 valence electrons. The number of aromatic nitrogens is 3. The van der Waals surface area contributed by atoms with Crippen molar-refractivity contribution in [1.29, 1.82) is 5.26 Å². The minimum absolute atomic E-state index is 0.0484. The zero-order chi connectivity index (χ0) is 22.1. The van der Waals surface area contributed by atoms with E-state index in [9.17, 15) is 5.26 Å². The third kappa shape index (κ3) is 3.66.